The first-order valence-electron chi connectivity index (χ1n) is 6.09. The van der Waals surface area contributed by atoms with Crippen LogP contribution in [0, 0.1) is 5.82 Å². The number of hydrogen-bond donors (Lipinski definition) is 1. The predicted molar refractivity (Wildman–Crippen MR) is 77.3 cm³/mol. The predicted octanol–water partition coefficient (Wildman–Crippen LogP) is 3.79. The molecule has 3 nitrogen and oxygen atoms in total. The molecule has 2 rings (SSSR count). The summed E-state index contributed by atoms with van der Waals surface area (Å²) in [6.45, 7) is 3.48. The second kappa shape index (κ2) is 5.59. The van der Waals surface area contributed by atoms with Crippen LogP contribution < -0.4 is 5.32 Å². The Morgan fingerprint density at radius 1 is 1.30 bits per heavy atom. The topological polar surface area (TPSA) is 42.0 Å². The number of amides is 1. The Balaban J connectivity index is 2.29. The highest BCUT2D eigenvalue weighted by Crippen LogP contribution is 2.31. The summed E-state index contributed by atoms with van der Waals surface area (Å²) >= 11 is 6.12. The third-order valence-corrected chi connectivity index (χ3v) is 3.47. The van der Waals surface area contributed by atoms with Crippen molar-refractivity contribution in [3.63, 3.8) is 0 Å². The van der Waals surface area contributed by atoms with Crippen molar-refractivity contribution >= 4 is 23.2 Å². The number of rotatable bonds is 3. The highest BCUT2D eigenvalue weighted by atomic mass is 35.5. The Labute approximate surface area is 121 Å². The Morgan fingerprint density at radius 2 is 2.00 bits per heavy atom. The average molecular weight is 293 g/mol. The largest absolute Gasteiger partial charge is 0.323 e. The van der Waals surface area contributed by atoms with Gasteiger partial charge >= 0.3 is 0 Å². The first-order chi connectivity index (χ1) is 9.43. The van der Waals surface area contributed by atoms with Gasteiger partial charge < -0.3 is 5.32 Å². The van der Waals surface area contributed by atoms with Gasteiger partial charge in [0.05, 0.1) is 17.3 Å². The maximum absolute atomic E-state index is 13.5. The monoisotopic (exact) mass is 292 g/mol. The van der Waals surface area contributed by atoms with Crippen molar-refractivity contribution in [3.8, 4) is 0 Å². The zero-order chi connectivity index (χ0) is 14.8. The van der Waals surface area contributed by atoms with Gasteiger partial charge in [-0.1, -0.05) is 29.8 Å². The number of nitrogens with one attached hydrogen (secondary N) is 1. The van der Waals surface area contributed by atoms with Crippen molar-refractivity contribution in [3.05, 3.63) is 59.1 Å². The van der Waals surface area contributed by atoms with Gasteiger partial charge in [0.1, 0.15) is 0 Å². The zero-order valence-electron chi connectivity index (χ0n) is 11.2. The number of pyridine rings is 1. The van der Waals surface area contributed by atoms with Crippen LogP contribution in [0.25, 0.3) is 0 Å². The second-order valence-corrected chi connectivity index (χ2v) is 5.32. The van der Waals surface area contributed by atoms with E-state index in [-0.39, 0.29) is 11.6 Å². The maximum atomic E-state index is 13.5. The smallest absolute Gasteiger partial charge is 0.234 e. The Kier molecular flexibility index (Phi) is 4.04. The minimum atomic E-state index is -0.881. The third kappa shape index (κ3) is 2.80. The molecule has 0 saturated carbocycles. The first kappa shape index (κ1) is 14.5. The van der Waals surface area contributed by atoms with Crippen molar-refractivity contribution in [2.24, 2.45) is 0 Å². The third-order valence-electron chi connectivity index (χ3n) is 3.14. The molecule has 1 amide bonds. The lowest BCUT2D eigenvalue weighted by Crippen LogP contribution is -2.35. The summed E-state index contributed by atoms with van der Waals surface area (Å²) in [6.07, 6.45) is 2.47. The van der Waals surface area contributed by atoms with E-state index in [9.17, 15) is 9.18 Å². The summed E-state index contributed by atoms with van der Waals surface area (Å²) in [4.78, 5) is 16.0. The molecule has 5 heteroatoms. The summed E-state index contributed by atoms with van der Waals surface area (Å²) in [7, 11) is 0. The number of aromatic nitrogens is 1. The molecule has 1 heterocycles. The van der Waals surface area contributed by atoms with E-state index in [2.05, 4.69) is 10.3 Å². The highest BCUT2D eigenvalue weighted by molar-refractivity contribution is 6.31. The number of benzene rings is 1. The molecular weight excluding hydrogens is 279 g/mol. The van der Waals surface area contributed by atoms with Crippen LogP contribution in [0.3, 0.4) is 0 Å². The molecule has 20 heavy (non-hydrogen) atoms. The van der Waals surface area contributed by atoms with E-state index in [1.54, 1.807) is 32.0 Å². The summed E-state index contributed by atoms with van der Waals surface area (Å²) in [5, 5.41) is 3.07. The molecule has 104 valence electrons. The summed E-state index contributed by atoms with van der Waals surface area (Å²) < 4.78 is 13.5. The number of halogens is 2. The molecule has 1 N–H and O–H groups in total. The molecule has 2 aromatic rings. The first-order valence-corrected chi connectivity index (χ1v) is 6.46. The molecule has 0 aliphatic carbocycles. The van der Waals surface area contributed by atoms with E-state index in [0.717, 1.165) is 6.20 Å². The van der Waals surface area contributed by atoms with Crippen LogP contribution in [0.2, 0.25) is 5.02 Å². The standard InChI is InChI=1S/C15H14ClFN2O/c1-15(2,10-5-3-4-6-11(10)16)14(20)19-13-7-8-18-9-12(13)17/h3-9H,1-2H3,(H,18,19,20). The van der Waals surface area contributed by atoms with Gasteiger partial charge in [-0.25, -0.2) is 4.39 Å². The van der Waals surface area contributed by atoms with Gasteiger partial charge in [-0.3, -0.25) is 9.78 Å². The summed E-state index contributed by atoms with van der Waals surface area (Å²) in [6, 6.07) is 8.52. The second-order valence-electron chi connectivity index (χ2n) is 4.91. The van der Waals surface area contributed by atoms with Gasteiger partial charge in [-0.15, -0.1) is 0 Å². The molecule has 1 aromatic heterocycles. The van der Waals surface area contributed by atoms with Crippen molar-refractivity contribution in [2.45, 2.75) is 19.3 Å². The van der Waals surface area contributed by atoms with Crippen LogP contribution in [0.15, 0.2) is 42.7 Å². The van der Waals surface area contributed by atoms with E-state index in [4.69, 9.17) is 11.6 Å². The van der Waals surface area contributed by atoms with Crippen LogP contribution in [0.1, 0.15) is 19.4 Å². The molecule has 0 fully saturated rings. The van der Waals surface area contributed by atoms with Crippen LogP contribution in [0.5, 0.6) is 0 Å². The lowest BCUT2D eigenvalue weighted by Gasteiger charge is -2.25. The van der Waals surface area contributed by atoms with Gasteiger partial charge in [0.25, 0.3) is 0 Å². The normalized spacial score (nSPS) is 11.2. The van der Waals surface area contributed by atoms with Crippen molar-refractivity contribution in [2.75, 3.05) is 5.32 Å². The lowest BCUT2D eigenvalue weighted by molar-refractivity contribution is -0.120. The molecule has 0 unspecified atom stereocenters. The van der Waals surface area contributed by atoms with Gasteiger partial charge in [-0.2, -0.15) is 0 Å². The Hall–Kier alpha value is -1.94. The number of hydrogen-bond acceptors (Lipinski definition) is 2. The van der Waals surface area contributed by atoms with Gasteiger partial charge in [0.2, 0.25) is 5.91 Å². The molecule has 0 atom stereocenters. The van der Waals surface area contributed by atoms with Gasteiger partial charge in [-0.05, 0) is 31.5 Å². The molecule has 0 radical (unpaired) electrons. The minimum absolute atomic E-state index is 0.102. The van der Waals surface area contributed by atoms with Gasteiger partial charge in [0, 0.05) is 11.2 Å². The number of nitrogens with zero attached hydrogens (tertiary/aromatic N) is 1. The average Bonchev–Trinajstić information content (AvgIpc) is 2.41. The Bertz CT molecular complexity index is 643. The van der Waals surface area contributed by atoms with E-state index in [1.165, 1.54) is 12.3 Å². The van der Waals surface area contributed by atoms with Crippen molar-refractivity contribution in [1.82, 2.24) is 4.98 Å². The van der Waals surface area contributed by atoms with E-state index in [1.807, 2.05) is 6.07 Å². The number of anilines is 1. The fourth-order valence-corrected chi connectivity index (χ4v) is 2.22. The number of carbonyl (C=O) groups excluding carboxylic acids is 1. The lowest BCUT2D eigenvalue weighted by atomic mass is 9.83. The zero-order valence-corrected chi connectivity index (χ0v) is 11.9. The van der Waals surface area contributed by atoms with Crippen LogP contribution in [-0.2, 0) is 10.2 Å². The SMILES string of the molecule is CC(C)(C(=O)Nc1ccncc1F)c1ccccc1Cl. The molecular formula is C15H14ClFN2O. The summed E-state index contributed by atoms with van der Waals surface area (Å²) in [5.41, 5.74) is -0.0904. The minimum Gasteiger partial charge on any atom is -0.323 e. The highest BCUT2D eigenvalue weighted by Gasteiger charge is 2.32. The molecule has 0 aliphatic heterocycles. The quantitative estimate of drug-likeness (QED) is 0.935. The molecule has 0 aliphatic rings. The number of carbonyl (C=O) groups is 1. The van der Waals surface area contributed by atoms with E-state index >= 15 is 0 Å². The van der Waals surface area contributed by atoms with Crippen LogP contribution in [0.4, 0.5) is 10.1 Å². The molecule has 0 saturated heterocycles. The Morgan fingerprint density at radius 3 is 2.65 bits per heavy atom. The van der Waals surface area contributed by atoms with Crippen LogP contribution >= 0.6 is 11.6 Å². The fourth-order valence-electron chi connectivity index (χ4n) is 1.85. The van der Waals surface area contributed by atoms with E-state index < -0.39 is 11.2 Å². The molecule has 0 spiro atoms. The van der Waals surface area contributed by atoms with Gasteiger partial charge in [0.15, 0.2) is 5.82 Å². The molecule has 0 bridgehead atoms. The maximum Gasteiger partial charge on any atom is 0.234 e. The van der Waals surface area contributed by atoms with E-state index in [0.29, 0.717) is 10.6 Å². The van der Waals surface area contributed by atoms with Crippen molar-refractivity contribution < 1.29 is 9.18 Å². The van der Waals surface area contributed by atoms with Crippen LogP contribution in [-0.4, -0.2) is 10.9 Å². The molecule has 1 aromatic carbocycles. The van der Waals surface area contributed by atoms with Crippen molar-refractivity contribution in [1.29, 1.82) is 0 Å². The summed E-state index contributed by atoms with van der Waals surface area (Å²) in [5.74, 6) is -0.911. The fraction of sp³-hybridized carbons (Fsp3) is 0.200.